The number of rotatable bonds is 7. The van der Waals surface area contributed by atoms with E-state index in [0.717, 1.165) is 26.1 Å². The Hall–Kier alpha value is -2.44. The summed E-state index contributed by atoms with van der Waals surface area (Å²) in [4.78, 5) is 20.2. The van der Waals surface area contributed by atoms with E-state index in [4.69, 9.17) is 0 Å². The van der Waals surface area contributed by atoms with Crippen LogP contribution in [0.2, 0.25) is 0 Å². The van der Waals surface area contributed by atoms with Gasteiger partial charge in [0.25, 0.3) is 0 Å². The van der Waals surface area contributed by atoms with Crippen LogP contribution >= 0.6 is 11.3 Å². The average molecular weight is 381 g/mol. The molecule has 6 heteroatoms. The number of benzene rings is 1. The first-order valence-corrected chi connectivity index (χ1v) is 10.2. The smallest absolute Gasteiger partial charge is 0.224 e. The van der Waals surface area contributed by atoms with Crippen molar-refractivity contribution in [3.8, 4) is 0 Å². The second-order valence-corrected chi connectivity index (χ2v) is 7.86. The molecule has 3 aromatic rings. The van der Waals surface area contributed by atoms with Crippen LogP contribution in [0.5, 0.6) is 0 Å². The molecular weight excluding hydrogens is 356 g/mol. The Morgan fingerprint density at radius 2 is 2.15 bits per heavy atom. The van der Waals surface area contributed by atoms with Crippen LogP contribution in [0.3, 0.4) is 0 Å². The molecule has 0 fully saturated rings. The van der Waals surface area contributed by atoms with E-state index in [-0.39, 0.29) is 11.9 Å². The van der Waals surface area contributed by atoms with Crippen molar-refractivity contribution in [1.82, 2.24) is 19.8 Å². The number of aromatic nitrogens is 2. The number of fused-ring (bicyclic) bond motifs is 1. The third-order valence-corrected chi connectivity index (χ3v) is 6.07. The summed E-state index contributed by atoms with van der Waals surface area (Å²) < 4.78 is 2.06. The van der Waals surface area contributed by atoms with E-state index >= 15 is 0 Å². The van der Waals surface area contributed by atoms with Crippen molar-refractivity contribution in [3.05, 3.63) is 76.5 Å². The van der Waals surface area contributed by atoms with Gasteiger partial charge in [0.1, 0.15) is 0 Å². The number of carbonyl (C=O) groups is 1. The molecule has 0 radical (unpaired) electrons. The molecule has 1 N–H and O–H groups in total. The Morgan fingerprint density at radius 3 is 2.96 bits per heavy atom. The quantitative estimate of drug-likeness (QED) is 0.685. The largest absolute Gasteiger partial charge is 0.338 e. The first-order chi connectivity index (χ1) is 13.3. The summed E-state index contributed by atoms with van der Waals surface area (Å²) in [7, 11) is 0. The molecular formula is C21H24N4OS. The molecule has 1 unspecified atom stereocenters. The summed E-state index contributed by atoms with van der Waals surface area (Å²) in [5.41, 5.74) is 2.54. The van der Waals surface area contributed by atoms with E-state index in [9.17, 15) is 4.79 Å². The van der Waals surface area contributed by atoms with Gasteiger partial charge in [-0.1, -0.05) is 30.3 Å². The highest BCUT2D eigenvalue weighted by Crippen LogP contribution is 2.24. The van der Waals surface area contributed by atoms with Gasteiger partial charge in [-0.25, -0.2) is 4.98 Å². The Morgan fingerprint density at radius 1 is 1.26 bits per heavy atom. The maximum absolute atomic E-state index is 12.6. The van der Waals surface area contributed by atoms with Gasteiger partial charge in [0.2, 0.25) is 5.91 Å². The van der Waals surface area contributed by atoms with Crippen LogP contribution in [0.1, 0.15) is 28.5 Å². The fraction of sp³-hybridized carbons (Fsp3) is 0.333. The van der Waals surface area contributed by atoms with E-state index < -0.39 is 0 Å². The first-order valence-electron chi connectivity index (χ1n) is 9.36. The van der Waals surface area contributed by atoms with Crippen molar-refractivity contribution in [3.63, 3.8) is 0 Å². The normalized spacial score (nSPS) is 14.7. The van der Waals surface area contributed by atoms with Gasteiger partial charge in [-0.2, -0.15) is 0 Å². The number of carbonyl (C=O) groups excluding carboxylic acids is 1. The predicted molar refractivity (Wildman–Crippen MR) is 107 cm³/mol. The van der Waals surface area contributed by atoms with Crippen LogP contribution in [0.4, 0.5) is 0 Å². The zero-order chi connectivity index (χ0) is 18.5. The van der Waals surface area contributed by atoms with Gasteiger partial charge < -0.3 is 14.8 Å². The monoisotopic (exact) mass is 380 g/mol. The van der Waals surface area contributed by atoms with Gasteiger partial charge in [0.05, 0.1) is 12.4 Å². The number of amides is 1. The molecule has 1 aliphatic rings. The molecule has 1 aromatic carbocycles. The lowest BCUT2D eigenvalue weighted by Gasteiger charge is -2.27. The minimum atomic E-state index is 0.151. The molecule has 0 aliphatic carbocycles. The number of hydrogen-bond acceptors (Lipinski definition) is 4. The number of nitrogens with zero attached hydrogens (tertiary/aromatic N) is 3. The Labute approximate surface area is 163 Å². The van der Waals surface area contributed by atoms with E-state index in [2.05, 4.69) is 50.6 Å². The van der Waals surface area contributed by atoms with Crippen LogP contribution in [0, 0.1) is 0 Å². The molecule has 0 spiro atoms. The van der Waals surface area contributed by atoms with E-state index in [0.29, 0.717) is 13.0 Å². The SMILES string of the molecule is O=C(CCNC(Cn1ccnc1)c1ccccc1)N1CCc2sccc2C1. The van der Waals surface area contributed by atoms with Crippen molar-refractivity contribution in [2.75, 3.05) is 13.1 Å². The third-order valence-electron chi connectivity index (χ3n) is 5.04. The molecule has 0 saturated heterocycles. The molecule has 5 nitrogen and oxygen atoms in total. The van der Waals surface area contributed by atoms with E-state index in [1.807, 2.05) is 23.5 Å². The fourth-order valence-electron chi connectivity index (χ4n) is 3.55. The minimum Gasteiger partial charge on any atom is -0.338 e. The van der Waals surface area contributed by atoms with Crippen molar-refractivity contribution in [2.24, 2.45) is 0 Å². The lowest BCUT2D eigenvalue weighted by molar-refractivity contribution is -0.132. The summed E-state index contributed by atoms with van der Waals surface area (Å²) >= 11 is 1.80. The lowest BCUT2D eigenvalue weighted by Crippen LogP contribution is -2.37. The zero-order valence-corrected chi connectivity index (χ0v) is 16.1. The minimum absolute atomic E-state index is 0.151. The molecule has 3 heterocycles. The Kier molecular flexibility index (Phi) is 5.65. The molecule has 1 amide bonds. The molecule has 0 bridgehead atoms. The van der Waals surface area contributed by atoms with E-state index in [1.54, 1.807) is 17.5 Å². The first kappa shape index (κ1) is 17.9. The molecule has 0 saturated carbocycles. The van der Waals surface area contributed by atoms with Gasteiger partial charge in [-0.05, 0) is 29.0 Å². The second-order valence-electron chi connectivity index (χ2n) is 6.86. The predicted octanol–water partition coefficient (Wildman–Crippen LogP) is 3.25. The van der Waals surface area contributed by atoms with Gasteiger partial charge in [-0.3, -0.25) is 4.79 Å². The van der Waals surface area contributed by atoms with Gasteiger partial charge in [0, 0.05) is 49.9 Å². The number of nitrogens with one attached hydrogen (secondary N) is 1. The van der Waals surface area contributed by atoms with Crippen LogP contribution in [-0.4, -0.2) is 33.4 Å². The highest BCUT2D eigenvalue weighted by Gasteiger charge is 2.21. The van der Waals surface area contributed by atoms with Crippen LogP contribution < -0.4 is 5.32 Å². The highest BCUT2D eigenvalue weighted by atomic mass is 32.1. The molecule has 4 rings (SSSR count). The topological polar surface area (TPSA) is 50.2 Å². The number of thiophene rings is 1. The molecule has 27 heavy (non-hydrogen) atoms. The molecule has 1 aliphatic heterocycles. The number of imidazole rings is 1. The van der Waals surface area contributed by atoms with Crippen LogP contribution in [0.25, 0.3) is 0 Å². The lowest BCUT2D eigenvalue weighted by atomic mass is 10.1. The summed E-state index contributed by atoms with van der Waals surface area (Å²) in [6.45, 7) is 3.05. The Balaban J connectivity index is 1.33. The van der Waals surface area contributed by atoms with Crippen LogP contribution in [-0.2, 0) is 24.3 Å². The summed E-state index contributed by atoms with van der Waals surface area (Å²) in [6, 6.07) is 12.7. The van der Waals surface area contributed by atoms with Crippen molar-refractivity contribution in [1.29, 1.82) is 0 Å². The maximum Gasteiger partial charge on any atom is 0.224 e. The zero-order valence-electron chi connectivity index (χ0n) is 15.3. The van der Waals surface area contributed by atoms with Gasteiger partial charge >= 0.3 is 0 Å². The Bertz CT molecular complexity index is 859. The fourth-order valence-corrected chi connectivity index (χ4v) is 4.44. The standard InChI is InChI=1S/C21H24N4OS/c26-21(25-11-7-20-18(14-25)8-13-27-20)6-9-23-19(15-24-12-10-22-16-24)17-4-2-1-3-5-17/h1-5,8,10,12-13,16,19,23H,6-7,9,11,14-15H2. The maximum atomic E-state index is 12.6. The molecule has 2 aromatic heterocycles. The van der Waals surface area contributed by atoms with Crippen molar-refractivity contribution >= 4 is 17.2 Å². The van der Waals surface area contributed by atoms with Crippen LogP contribution in [0.15, 0.2) is 60.5 Å². The van der Waals surface area contributed by atoms with Crippen molar-refractivity contribution in [2.45, 2.75) is 32.0 Å². The molecule has 140 valence electrons. The average Bonchev–Trinajstić information content (AvgIpc) is 3.39. The molecule has 1 atom stereocenters. The van der Waals surface area contributed by atoms with E-state index in [1.165, 1.54) is 16.0 Å². The van der Waals surface area contributed by atoms with Gasteiger partial charge in [-0.15, -0.1) is 11.3 Å². The summed E-state index contributed by atoms with van der Waals surface area (Å²) in [5, 5.41) is 5.69. The van der Waals surface area contributed by atoms with Crippen molar-refractivity contribution < 1.29 is 4.79 Å². The summed E-state index contributed by atoms with van der Waals surface area (Å²) in [6.07, 6.45) is 7.09. The highest BCUT2D eigenvalue weighted by molar-refractivity contribution is 7.10. The third kappa shape index (κ3) is 4.46. The van der Waals surface area contributed by atoms with Gasteiger partial charge in [0.15, 0.2) is 0 Å². The second kappa shape index (κ2) is 8.50. The number of hydrogen-bond donors (Lipinski definition) is 1. The summed E-state index contributed by atoms with van der Waals surface area (Å²) in [5.74, 6) is 0.230.